The fraction of sp³-hybridized carbons (Fsp3) is 0.636. The zero-order chi connectivity index (χ0) is 12.3. The number of aromatic nitrogens is 2. The van der Waals surface area contributed by atoms with Crippen LogP contribution in [0.15, 0.2) is 18.6 Å². The number of sulfone groups is 1. The second-order valence-corrected chi connectivity index (χ2v) is 6.93. The van der Waals surface area contributed by atoms with Crippen LogP contribution in [0.4, 0.5) is 0 Å². The van der Waals surface area contributed by atoms with E-state index >= 15 is 0 Å². The third kappa shape index (κ3) is 3.23. The van der Waals surface area contributed by atoms with Gasteiger partial charge in [-0.05, 0) is 19.9 Å². The van der Waals surface area contributed by atoms with Crippen molar-refractivity contribution in [1.82, 2.24) is 14.9 Å². The van der Waals surface area contributed by atoms with Gasteiger partial charge in [0.25, 0.3) is 0 Å². The van der Waals surface area contributed by atoms with Crippen LogP contribution >= 0.6 is 0 Å². The van der Waals surface area contributed by atoms with Gasteiger partial charge < -0.3 is 0 Å². The molecule has 0 aliphatic carbocycles. The third-order valence-corrected chi connectivity index (χ3v) is 5.28. The Morgan fingerprint density at radius 1 is 1.47 bits per heavy atom. The number of hydrogen-bond donors (Lipinski definition) is 0. The maximum Gasteiger partial charge on any atom is 0.154 e. The maximum atomic E-state index is 11.7. The monoisotopic (exact) mass is 255 g/mol. The minimum Gasteiger partial charge on any atom is -0.299 e. The first-order valence-electron chi connectivity index (χ1n) is 5.73. The zero-order valence-corrected chi connectivity index (χ0v) is 10.7. The summed E-state index contributed by atoms with van der Waals surface area (Å²) in [5, 5.41) is -0.204. The second-order valence-electron chi connectivity index (χ2n) is 4.52. The van der Waals surface area contributed by atoms with Crippen molar-refractivity contribution in [2.24, 2.45) is 0 Å². The van der Waals surface area contributed by atoms with Crippen LogP contribution in [0.1, 0.15) is 18.5 Å². The van der Waals surface area contributed by atoms with Crippen molar-refractivity contribution in [3.8, 4) is 0 Å². The van der Waals surface area contributed by atoms with Crippen molar-refractivity contribution >= 4 is 9.84 Å². The lowest BCUT2D eigenvalue weighted by Crippen LogP contribution is -2.32. The van der Waals surface area contributed by atoms with Gasteiger partial charge in [-0.3, -0.25) is 14.9 Å². The highest BCUT2D eigenvalue weighted by atomic mass is 32.2. The number of nitrogens with zero attached hydrogens (tertiary/aromatic N) is 3. The molecule has 1 unspecified atom stereocenters. The summed E-state index contributed by atoms with van der Waals surface area (Å²) in [5.41, 5.74) is 0.866. The molecule has 94 valence electrons. The molecule has 1 aliphatic rings. The Balaban J connectivity index is 1.92. The Hall–Kier alpha value is -1.01. The number of rotatable bonds is 4. The minimum atomic E-state index is -2.85. The van der Waals surface area contributed by atoms with Gasteiger partial charge in [0.15, 0.2) is 9.84 Å². The Bertz CT molecular complexity index is 461. The van der Waals surface area contributed by atoms with E-state index in [4.69, 9.17) is 0 Å². The molecular formula is C11H17N3O2S. The van der Waals surface area contributed by atoms with Gasteiger partial charge in [0.05, 0.1) is 16.7 Å². The lowest BCUT2D eigenvalue weighted by atomic mass is 10.2. The molecule has 0 spiro atoms. The first-order chi connectivity index (χ1) is 8.08. The Morgan fingerprint density at radius 2 is 2.29 bits per heavy atom. The largest absolute Gasteiger partial charge is 0.299 e. The van der Waals surface area contributed by atoms with Crippen LogP contribution in [-0.2, 0) is 16.4 Å². The summed E-state index contributed by atoms with van der Waals surface area (Å²) in [6.45, 7) is 1.22. The quantitative estimate of drug-likeness (QED) is 0.783. The highest BCUT2D eigenvalue weighted by Crippen LogP contribution is 2.20. The molecule has 17 heavy (non-hydrogen) atoms. The van der Waals surface area contributed by atoms with Crippen LogP contribution < -0.4 is 0 Å². The Kier molecular flexibility index (Phi) is 3.73. The van der Waals surface area contributed by atoms with Gasteiger partial charge in [0.1, 0.15) is 0 Å². The molecule has 1 aromatic rings. The van der Waals surface area contributed by atoms with Crippen LogP contribution in [0.2, 0.25) is 0 Å². The standard InChI is InChI=1S/C11H17N3O2S/c1-14(8-10-7-12-4-5-13-10)9-11-3-2-6-17(11,15)16/h4-5,7,11H,2-3,6,8-9H2,1H3. The molecule has 2 heterocycles. The van der Waals surface area contributed by atoms with Gasteiger partial charge in [-0.2, -0.15) is 0 Å². The van der Waals surface area contributed by atoms with E-state index in [1.54, 1.807) is 18.6 Å². The molecule has 0 amide bonds. The van der Waals surface area contributed by atoms with Crippen molar-refractivity contribution in [1.29, 1.82) is 0 Å². The van der Waals surface area contributed by atoms with Crippen molar-refractivity contribution in [2.45, 2.75) is 24.6 Å². The van der Waals surface area contributed by atoms with Gasteiger partial charge in [-0.25, -0.2) is 8.42 Å². The van der Waals surface area contributed by atoms with Crippen molar-refractivity contribution < 1.29 is 8.42 Å². The highest BCUT2D eigenvalue weighted by Gasteiger charge is 2.31. The maximum absolute atomic E-state index is 11.7. The first-order valence-corrected chi connectivity index (χ1v) is 7.44. The lowest BCUT2D eigenvalue weighted by molar-refractivity contribution is 0.318. The molecule has 1 atom stereocenters. The molecule has 1 aromatic heterocycles. The Labute approximate surface area is 102 Å². The van der Waals surface area contributed by atoms with Crippen LogP contribution in [0.25, 0.3) is 0 Å². The average molecular weight is 255 g/mol. The minimum absolute atomic E-state index is 0.204. The molecular weight excluding hydrogens is 238 g/mol. The molecule has 1 aliphatic heterocycles. The van der Waals surface area contributed by atoms with E-state index in [1.165, 1.54) is 0 Å². The Morgan fingerprint density at radius 3 is 2.88 bits per heavy atom. The normalized spacial score (nSPS) is 23.1. The van der Waals surface area contributed by atoms with Gasteiger partial charge >= 0.3 is 0 Å². The van der Waals surface area contributed by atoms with Crippen LogP contribution in [-0.4, -0.2) is 47.9 Å². The summed E-state index contributed by atoms with van der Waals surface area (Å²) in [6.07, 6.45) is 6.57. The van der Waals surface area contributed by atoms with E-state index in [0.717, 1.165) is 18.5 Å². The van der Waals surface area contributed by atoms with Gasteiger partial charge in [-0.1, -0.05) is 0 Å². The van der Waals surface area contributed by atoms with Crippen LogP contribution in [0, 0.1) is 0 Å². The molecule has 5 nitrogen and oxygen atoms in total. The second kappa shape index (κ2) is 5.10. The molecule has 1 fully saturated rings. The van der Waals surface area contributed by atoms with Crippen molar-refractivity contribution in [2.75, 3.05) is 19.3 Å². The predicted molar refractivity (Wildman–Crippen MR) is 65.2 cm³/mol. The van der Waals surface area contributed by atoms with E-state index in [-0.39, 0.29) is 5.25 Å². The number of hydrogen-bond acceptors (Lipinski definition) is 5. The fourth-order valence-electron chi connectivity index (χ4n) is 2.16. The van der Waals surface area contributed by atoms with Crippen LogP contribution in [0.5, 0.6) is 0 Å². The summed E-state index contributed by atoms with van der Waals surface area (Å²) in [5.74, 6) is 0.344. The molecule has 0 radical (unpaired) electrons. The fourth-order valence-corrected chi connectivity index (χ4v) is 4.07. The molecule has 6 heteroatoms. The summed E-state index contributed by atoms with van der Waals surface area (Å²) in [6, 6.07) is 0. The third-order valence-electron chi connectivity index (χ3n) is 3.03. The summed E-state index contributed by atoms with van der Waals surface area (Å²) < 4.78 is 23.4. The summed E-state index contributed by atoms with van der Waals surface area (Å²) in [7, 11) is -0.933. The molecule has 0 aromatic carbocycles. The first kappa shape index (κ1) is 12.4. The van der Waals surface area contributed by atoms with Crippen LogP contribution in [0.3, 0.4) is 0 Å². The van der Waals surface area contributed by atoms with Gasteiger partial charge in [0, 0.05) is 31.7 Å². The van der Waals surface area contributed by atoms with E-state index < -0.39 is 9.84 Å². The molecule has 2 rings (SSSR count). The van der Waals surface area contributed by atoms with E-state index in [9.17, 15) is 8.42 Å². The smallest absolute Gasteiger partial charge is 0.154 e. The molecule has 0 bridgehead atoms. The highest BCUT2D eigenvalue weighted by molar-refractivity contribution is 7.92. The topological polar surface area (TPSA) is 63.2 Å². The SMILES string of the molecule is CN(Cc1cnccn1)CC1CCCS1(=O)=O. The van der Waals surface area contributed by atoms with E-state index in [2.05, 4.69) is 9.97 Å². The molecule has 1 saturated heterocycles. The van der Waals surface area contributed by atoms with Gasteiger partial charge in [-0.15, -0.1) is 0 Å². The average Bonchev–Trinajstić information content (AvgIpc) is 2.59. The molecule has 0 N–H and O–H groups in total. The van der Waals surface area contributed by atoms with Gasteiger partial charge in [0.2, 0.25) is 0 Å². The van der Waals surface area contributed by atoms with Crippen molar-refractivity contribution in [3.05, 3.63) is 24.3 Å². The van der Waals surface area contributed by atoms with Crippen molar-refractivity contribution in [3.63, 3.8) is 0 Å². The predicted octanol–water partition coefficient (Wildman–Crippen LogP) is 0.486. The van der Waals surface area contributed by atoms with E-state index in [0.29, 0.717) is 18.8 Å². The molecule has 0 saturated carbocycles. The van der Waals surface area contributed by atoms with E-state index in [1.807, 2.05) is 11.9 Å². The summed E-state index contributed by atoms with van der Waals surface area (Å²) in [4.78, 5) is 10.2. The summed E-state index contributed by atoms with van der Waals surface area (Å²) >= 11 is 0. The lowest BCUT2D eigenvalue weighted by Gasteiger charge is -2.19. The zero-order valence-electron chi connectivity index (χ0n) is 9.91.